The Balaban J connectivity index is 2.18. The first kappa shape index (κ1) is 16.6. The third-order valence-corrected chi connectivity index (χ3v) is 4.42. The minimum Gasteiger partial charge on any atom is -0.335 e. The summed E-state index contributed by atoms with van der Waals surface area (Å²) < 4.78 is 1.85. The van der Waals surface area contributed by atoms with E-state index in [1.807, 2.05) is 25.0 Å². The summed E-state index contributed by atoms with van der Waals surface area (Å²) in [5, 5.41) is 4.33. The van der Waals surface area contributed by atoms with E-state index in [1.54, 1.807) is 11.8 Å². The highest BCUT2D eigenvalue weighted by Gasteiger charge is 2.33. The van der Waals surface area contributed by atoms with Gasteiger partial charge in [0, 0.05) is 38.4 Å². The van der Waals surface area contributed by atoms with Crippen LogP contribution < -0.4 is 0 Å². The van der Waals surface area contributed by atoms with E-state index in [2.05, 4.69) is 35.0 Å². The Morgan fingerprint density at radius 3 is 2.91 bits per heavy atom. The number of rotatable bonds is 4. The molecule has 120 valence electrons. The first-order valence-corrected chi connectivity index (χ1v) is 7.97. The molecule has 2 heterocycles. The largest absolute Gasteiger partial charge is 0.335 e. The molecular formula is C17H26N4O. The van der Waals surface area contributed by atoms with Gasteiger partial charge in [0.15, 0.2) is 0 Å². The molecular weight excluding hydrogens is 276 g/mol. The van der Waals surface area contributed by atoms with Gasteiger partial charge in [0.2, 0.25) is 0 Å². The number of piperidine rings is 1. The van der Waals surface area contributed by atoms with Gasteiger partial charge in [-0.05, 0) is 44.7 Å². The minimum absolute atomic E-state index is 0.0962. The summed E-state index contributed by atoms with van der Waals surface area (Å²) in [5.74, 6) is 5.64. The number of hydrogen-bond acceptors (Lipinski definition) is 3. The molecule has 0 spiro atoms. The van der Waals surface area contributed by atoms with E-state index >= 15 is 0 Å². The topological polar surface area (TPSA) is 41.4 Å². The van der Waals surface area contributed by atoms with E-state index in [4.69, 9.17) is 0 Å². The zero-order valence-electron chi connectivity index (χ0n) is 14.0. The Kier molecular flexibility index (Phi) is 5.62. The summed E-state index contributed by atoms with van der Waals surface area (Å²) in [7, 11) is 3.79. The molecule has 0 radical (unpaired) electrons. The molecule has 0 saturated carbocycles. The summed E-state index contributed by atoms with van der Waals surface area (Å²) in [6, 6.07) is 0.331. The molecule has 0 N–H and O–H groups in total. The van der Waals surface area contributed by atoms with E-state index in [0.29, 0.717) is 12.0 Å². The van der Waals surface area contributed by atoms with Crippen molar-refractivity contribution in [3.63, 3.8) is 0 Å². The van der Waals surface area contributed by atoms with Crippen LogP contribution in [0.3, 0.4) is 0 Å². The van der Waals surface area contributed by atoms with Crippen LogP contribution in [-0.4, -0.2) is 52.2 Å². The Hall–Kier alpha value is -1.80. The number of aryl methyl sites for hydroxylation is 1. The molecule has 22 heavy (non-hydrogen) atoms. The minimum atomic E-state index is -0.0962. The number of amides is 1. The zero-order valence-corrected chi connectivity index (χ0v) is 14.0. The lowest BCUT2D eigenvalue weighted by Gasteiger charge is -2.41. The second-order valence-corrected chi connectivity index (χ2v) is 5.98. The maximum atomic E-state index is 11.9. The smallest absolute Gasteiger partial charge is 0.298 e. The predicted molar refractivity (Wildman–Crippen MR) is 87.0 cm³/mol. The van der Waals surface area contributed by atoms with Crippen LogP contribution in [0.1, 0.15) is 38.3 Å². The molecule has 1 saturated heterocycles. The van der Waals surface area contributed by atoms with Crippen LogP contribution in [0.4, 0.5) is 0 Å². The number of aromatic nitrogens is 2. The lowest BCUT2D eigenvalue weighted by Crippen LogP contribution is -2.43. The maximum Gasteiger partial charge on any atom is 0.298 e. The lowest BCUT2D eigenvalue weighted by molar-refractivity contribution is -0.125. The molecule has 1 aromatic rings. The van der Waals surface area contributed by atoms with Gasteiger partial charge in [0.25, 0.3) is 5.91 Å². The van der Waals surface area contributed by atoms with E-state index in [-0.39, 0.29) is 5.91 Å². The first-order chi connectivity index (χ1) is 10.6. The SMILES string of the molecule is CC#CC(=O)N(C)CC1CCCN(CC)C1c1cnn(C)c1. The molecule has 1 amide bonds. The molecule has 1 aliphatic heterocycles. The van der Waals surface area contributed by atoms with Crippen LogP contribution in [0.25, 0.3) is 0 Å². The Bertz CT molecular complexity index is 569. The Morgan fingerprint density at radius 2 is 2.32 bits per heavy atom. The number of likely N-dealkylation sites (tertiary alicyclic amines) is 1. The predicted octanol–water partition coefficient (Wildman–Crippen LogP) is 1.67. The zero-order chi connectivity index (χ0) is 16.1. The van der Waals surface area contributed by atoms with E-state index in [9.17, 15) is 4.79 Å². The van der Waals surface area contributed by atoms with Crippen molar-refractivity contribution in [2.24, 2.45) is 13.0 Å². The normalized spacial score (nSPS) is 22.0. The first-order valence-electron chi connectivity index (χ1n) is 7.97. The molecule has 5 heteroatoms. The van der Waals surface area contributed by atoms with Crippen molar-refractivity contribution >= 4 is 5.91 Å². The van der Waals surface area contributed by atoms with Crippen molar-refractivity contribution in [3.8, 4) is 11.8 Å². The Morgan fingerprint density at radius 1 is 1.55 bits per heavy atom. The molecule has 0 aliphatic carbocycles. The highest BCUT2D eigenvalue weighted by molar-refractivity contribution is 5.93. The van der Waals surface area contributed by atoms with Gasteiger partial charge >= 0.3 is 0 Å². The van der Waals surface area contributed by atoms with Gasteiger partial charge in [-0.2, -0.15) is 5.10 Å². The fourth-order valence-electron chi connectivity index (χ4n) is 3.41. The number of hydrogen-bond donors (Lipinski definition) is 0. The number of carbonyl (C=O) groups is 1. The summed E-state index contributed by atoms with van der Waals surface area (Å²) in [6.07, 6.45) is 6.36. The third-order valence-electron chi connectivity index (χ3n) is 4.42. The fourth-order valence-corrected chi connectivity index (χ4v) is 3.41. The standard InChI is InChI=1S/C17H26N4O/c1-5-8-16(22)19(3)12-14-9-7-10-21(6-2)17(14)15-11-18-20(4)13-15/h11,13-14,17H,6-7,9-10,12H2,1-4H3. The summed E-state index contributed by atoms with van der Waals surface area (Å²) in [4.78, 5) is 16.2. The molecule has 2 rings (SSSR count). The highest BCUT2D eigenvalue weighted by Crippen LogP contribution is 2.36. The molecule has 2 unspecified atom stereocenters. The summed E-state index contributed by atoms with van der Waals surface area (Å²) in [6.45, 7) is 6.76. The monoisotopic (exact) mass is 302 g/mol. The van der Waals surface area contributed by atoms with Crippen LogP contribution in [0.15, 0.2) is 12.4 Å². The van der Waals surface area contributed by atoms with Crippen molar-refractivity contribution in [1.82, 2.24) is 19.6 Å². The molecule has 1 aromatic heterocycles. The summed E-state index contributed by atoms with van der Waals surface area (Å²) in [5.41, 5.74) is 1.25. The van der Waals surface area contributed by atoms with Crippen LogP contribution in [0, 0.1) is 17.8 Å². The lowest BCUT2D eigenvalue weighted by atomic mass is 9.85. The van der Waals surface area contributed by atoms with Gasteiger partial charge in [0.1, 0.15) is 0 Å². The maximum absolute atomic E-state index is 11.9. The number of carbonyl (C=O) groups excluding carboxylic acids is 1. The summed E-state index contributed by atoms with van der Waals surface area (Å²) >= 11 is 0. The van der Waals surface area contributed by atoms with Crippen LogP contribution >= 0.6 is 0 Å². The molecule has 2 atom stereocenters. The van der Waals surface area contributed by atoms with Gasteiger partial charge in [-0.15, -0.1) is 0 Å². The second kappa shape index (κ2) is 7.46. The second-order valence-electron chi connectivity index (χ2n) is 5.98. The van der Waals surface area contributed by atoms with Crippen LogP contribution in [-0.2, 0) is 11.8 Å². The van der Waals surface area contributed by atoms with Gasteiger partial charge in [-0.3, -0.25) is 14.4 Å². The van der Waals surface area contributed by atoms with E-state index in [1.165, 1.54) is 12.0 Å². The molecule has 0 bridgehead atoms. The van der Waals surface area contributed by atoms with Gasteiger partial charge in [0.05, 0.1) is 6.20 Å². The van der Waals surface area contributed by atoms with Crippen LogP contribution in [0.2, 0.25) is 0 Å². The van der Waals surface area contributed by atoms with Crippen LogP contribution in [0.5, 0.6) is 0 Å². The molecule has 1 aliphatic rings. The van der Waals surface area contributed by atoms with Gasteiger partial charge < -0.3 is 4.90 Å². The molecule has 5 nitrogen and oxygen atoms in total. The highest BCUT2D eigenvalue weighted by atomic mass is 16.2. The van der Waals surface area contributed by atoms with Gasteiger partial charge in [-0.1, -0.05) is 12.8 Å². The fraction of sp³-hybridized carbons (Fsp3) is 0.647. The third kappa shape index (κ3) is 3.69. The average Bonchev–Trinajstić information content (AvgIpc) is 2.93. The van der Waals surface area contributed by atoms with Crippen molar-refractivity contribution in [1.29, 1.82) is 0 Å². The van der Waals surface area contributed by atoms with E-state index < -0.39 is 0 Å². The number of nitrogens with zero attached hydrogens (tertiary/aromatic N) is 4. The molecule has 0 aromatic carbocycles. The van der Waals surface area contributed by atoms with E-state index in [0.717, 1.165) is 26.1 Å². The van der Waals surface area contributed by atoms with Gasteiger partial charge in [-0.25, -0.2) is 0 Å². The molecule has 1 fully saturated rings. The van der Waals surface area contributed by atoms with Crippen molar-refractivity contribution in [3.05, 3.63) is 18.0 Å². The van der Waals surface area contributed by atoms with Crippen molar-refractivity contribution in [2.45, 2.75) is 32.7 Å². The average molecular weight is 302 g/mol. The Labute approximate surface area is 133 Å². The van der Waals surface area contributed by atoms with Crippen molar-refractivity contribution < 1.29 is 4.79 Å². The van der Waals surface area contributed by atoms with Crippen molar-refractivity contribution in [2.75, 3.05) is 26.7 Å². The quantitative estimate of drug-likeness (QED) is 0.795.